The molecular formula is C14H19Cl2N3O. The molecule has 1 aliphatic rings. The molecule has 1 saturated heterocycles. The Balaban J connectivity index is 1.88. The van der Waals surface area contributed by atoms with E-state index in [1.165, 1.54) is 0 Å². The minimum atomic E-state index is -0.0344. The van der Waals surface area contributed by atoms with Crippen LogP contribution in [0.4, 0.5) is 5.69 Å². The molecule has 0 saturated carbocycles. The van der Waals surface area contributed by atoms with Crippen LogP contribution in [-0.4, -0.2) is 55.5 Å². The number of amides is 1. The molecule has 110 valence electrons. The fourth-order valence-corrected chi connectivity index (χ4v) is 2.81. The van der Waals surface area contributed by atoms with Crippen LogP contribution in [0.25, 0.3) is 0 Å². The zero-order valence-corrected chi connectivity index (χ0v) is 13.0. The van der Waals surface area contributed by atoms with Crippen LogP contribution < -0.4 is 5.32 Å². The van der Waals surface area contributed by atoms with Crippen molar-refractivity contribution in [1.29, 1.82) is 0 Å². The zero-order chi connectivity index (χ0) is 14.5. The van der Waals surface area contributed by atoms with Gasteiger partial charge in [0.2, 0.25) is 5.91 Å². The molecule has 0 spiro atoms. The van der Waals surface area contributed by atoms with Gasteiger partial charge in [-0.05, 0) is 44.8 Å². The fourth-order valence-electron chi connectivity index (χ4n) is 2.29. The molecule has 0 radical (unpaired) electrons. The summed E-state index contributed by atoms with van der Waals surface area (Å²) in [5, 5.41) is 3.87. The van der Waals surface area contributed by atoms with Gasteiger partial charge in [0, 0.05) is 28.8 Å². The number of nitrogens with one attached hydrogen (secondary N) is 1. The van der Waals surface area contributed by atoms with Crippen molar-refractivity contribution in [3.8, 4) is 0 Å². The van der Waals surface area contributed by atoms with E-state index in [1.54, 1.807) is 18.2 Å². The molecule has 1 aromatic carbocycles. The molecule has 0 unspecified atom stereocenters. The third kappa shape index (κ3) is 4.94. The summed E-state index contributed by atoms with van der Waals surface area (Å²) in [4.78, 5) is 16.5. The van der Waals surface area contributed by atoms with Gasteiger partial charge in [0.1, 0.15) is 0 Å². The monoisotopic (exact) mass is 315 g/mol. The van der Waals surface area contributed by atoms with E-state index in [1.807, 2.05) is 0 Å². The van der Waals surface area contributed by atoms with Gasteiger partial charge in [-0.2, -0.15) is 0 Å². The van der Waals surface area contributed by atoms with Crippen LogP contribution in [-0.2, 0) is 4.79 Å². The molecule has 1 amide bonds. The summed E-state index contributed by atoms with van der Waals surface area (Å²) in [6.45, 7) is 4.35. The van der Waals surface area contributed by atoms with Gasteiger partial charge in [-0.1, -0.05) is 23.2 Å². The first-order valence-electron chi connectivity index (χ1n) is 6.70. The van der Waals surface area contributed by atoms with Crippen LogP contribution in [0.2, 0.25) is 10.0 Å². The third-order valence-corrected chi connectivity index (χ3v) is 3.76. The van der Waals surface area contributed by atoms with Crippen molar-refractivity contribution in [3.63, 3.8) is 0 Å². The van der Waals surface area contributed by atoms with E-state index < -0.39 is 0 Å². The standard InChI is InChI=1S/C14H19Cl2N3O/c1-18-3-2-4-19(6-5-18)10-14(20)17-13-8-11(15)7-12(16)9-13/h7-9H,2-6,10H2,1H3,(H,17,20). The lowest BCUT2D eigenvalue weighted by molar-refractivity contribution is -0.117. The van der Waals surface area contributed by atoms with Crippen molar-refractivity contribution in [3.05, 3.63) is 28.2 Å². The summed E-state index contributed by atoms with van der Waals surface area (Å²) in [6, 6.07) is 5.03. The number of benzene rings is 1. The highest BCUT2D eigenvalue weighted by Crippen LogP contribution is 2.22. The summed E-state index contributed by atoms with van der Waals surface area (Å²) in [6.07, 6.45) is 1.09. The molecular weight excluding hydrogens is 297 g/mol. The van der Waals surface area contributed by atoms with Gasteiger partial charge >= 0.3 is 0 Å². The van der Waals surface area contributed by atoms with E-state index in [2.05, 4.69) is 22.2 Å². The van der Waals surface area contributed by atoms with Crippen molar-refractivity contribution >= 4 is 34.8 Å². The first kappa shape index (κ1) is 15.6. The molecule has 1 heterocycles. The Kier molecular flexibility index (Phi) is 5.66. The average Bonchev–Trinajstić information content (AvgIpc) is 2.53. The minimum Gasteiger partial charge on any atom is -0.325 e. The molecule has 6 heteroatoms. The number of halogens is 2. The predicted molar refractivity (Wildman–Crippen MR) is 83.6 cm³/mol. The largest absolute Gasteiger partial charge is 0.325 e. The van der Waals surface area contributed by atoms with Crippen LogP contribution in [0.15, 0.2) is 18.2 Å². The van der Waals surface area contributed by atoms with Crippen molar-refractivity contribution < 1.29 is 4.79 Å². The molecule has 0 atom stereocenters. The summed E-state index contributed by atoms with van der Waals surface area (Å²) in [5.74, 6) is -0.0344. The van der Waals surface area contributed by atoms with Gasteiger partial charge in [0.05, 0.1) is 6.54 Å². The van der Waals surface area contributed by atoms with Gasteiger partial charge in [0.25, 0.3) is 0 Å². The second-order valence-electron chi connectivity index (χ2n) is 5.14. The van der Waals surface area contributed by atoms with E-state index in [9.17, 15) is 4.79 Å². The van der Waals surface area contributed by atoms with Gasteiger partial charge in [-0.25, -0.2) is 0 Å². The lowest BCUT2D eigenvalue weighted by atomic mass is 10.3. The number of hydrogen-bond donors (Lipinski definition) is 1. The number of anilines is 1. The summed E-state index contributed by atoms with van der Waals surface area (Å²) in [7, 11) is 2.11. The second kappa shape index (κ2) is 7.27. The quantitative estimate of drug-likeness (QED) is 0.931. The molecule has 4 nitrogen and oxygen atoms in total. The number of likely N-dealkylation sites (N-methyl/N-ethyl adjacent to an activating group) is 1. The van der Waals surface area contributed by atoms with Gasteiger partial charge in [-0.15, -0.1) is 0 Å². The topological polar surface area (TPSA) is 35.6 Å². The zero-order valence-electron chi connectivity index (χ0n) is 11.5. The Hall–Kier alpha value is -0.810. The number of nitrogens with zero attached hydrogens (tertiary/aromatic N) is 2. The molecule has 0 bridgehead atoms. The second-order valence-corrected chi connectivity index (χ2v) is 6.01. The summed E-state index contributed by atoms with van der Waals surface area (Å²) < 4.78 is 0. The Morgan fingerprint density at radius 2 is 1.85 bits per heavy atom. The number of carbonyl (C=O) groups is 1. The van der Waals surface area contributed by atoms with Gasteiger partial charge < -0.3 is 10.2 Å². The van der Waals surface area contributed by atoms with Gasteiger partial charge in [0.15, 0.2) is 0 Å². The Bertz CT molecular complexity index is 461. The van der Waals surface area contributed by atoms with E-state index in [0.717, 1.165) is 32.6 Å². The molecule has 1 fully saturated rings. The molecule has 1 aliphatic heterocycles. The van der Waals surface area contributed by atoms with E-state index in [4.69, 9.17) is 23.2 Å². The SMILES string of the molecule is CN1CCCN(CC(=O)Nc2cc(Cl)cc(Cl)c2)CC1. The number of carbonyl (C=O) groups excluding carboxylic acids is 1. The van der Waals surface area contributed by atoms with Crippen LogP contribution in [0.5, 0.6) is 0 Å². The van der Waals surface area contributed by atoms with Gasteiger partial charge in [-0.3, -0.25) is 9.69 Å². The smallest absolute Gasteiger partial charge is 0.238 e. The molecule has 2 rings (SSSR count). The van der Waals surface area contributed by atoms with Crippen LogP contribution in [0.3, 0.4) is 0 Å². The molecule has 0 aliphatic carbocycles. The van der Waals surface area contributed by atoms with Crippen LogP contribution in [0.1, 0.15) is 6.42 Å². The first-order valence-corrected chi connectivity index (χ1v) is 7.45. The van der Waals surface area contributed by atoms with Crippen molar-refractivity contribution in [2.75, 3.05) is 45.1 Å². The Labute approximate surface area is 129 Å². The maximum Gasteiger partial charge on any atom is 0.238 e. The minimum absolute atomic E-state index is 0.0344. The van der Waals surface area contributed by atoms with E-state index in [-0.39, 0.29) is 5.91 Å². The highest BCUT2D eigenvalue weighted by atomic mass is 35.5. The van der Waals surface area contributed by atoms with Crippen molar-refractivity contribution in [2.24, 2.45) is 0 Å². The van der Waals surface area contributed by atoms with E-state index in [0.29, 0.717) is 22.3 Å². The number of rotatable bonds is 3. The Morgan fingerprint density at radius 1 is 1.15 bits per heavy atom. The predicted octanol–water partition coefficient (Wildman–Crippen LogP) is 2.57. The normalized spacial score (nSPS) is 17.8. The fraction of sp³-hybridized carbons (Fsp3) is 0.500. The average molecular weight is 316 g/mol. The summed E-state index contributed by atoms with van der Waals surface area (Å²) >= 11 is 11.8. The van der Waals surface area contributed by atoms with E-state index >= 15 is 0 Å². The Morgan fingerprint density at radius 3 is 2.55 bits per heavy atom. The number of hydrogen-bond acceptors (Lipinski definition) is 3. The summed E-state index contributed by atoms with van der Waals surface area (Å²) in [5.41, 5.74) is 0.638. The third-order valence-electron chi connectivity index (χ3n) is 3.33. The van der Waals surface area contributed by atoms with Crippen LogP contribution >= 0.6 is 23.2 Å². The maximum absolute atomic E-state index is 12.0. The highest BCUT2D eigenvalue weighted by molar-refractivity contribution is 6.35. The lowest BCUT2D eigenvalue weighted by Crippen LogP contribution is -2.35. The molecule has 1 aromatic rings. The molecule has 0 aromatic heterocycles. The van der Waals surface area contributed by atoms with Crippen molar-refractivity contribution in [2.45, 2.75) is 6.42 Å². The highest BCUT2D eigenvalue weighted by Gasteiger charge is 2.15. The molecule has 20 heavy (non-hydrogen) atoms. The van der Waals surface area contributed by atoms with Crippen molar-refractivity contribution in [1.82, 2.24) is 9.80 Å². The molecule has 1 N–H and O–H groups in total. The first-order chi connectivity index (χ1) is 9.52. The maximum atomic E-state index is 12.0. The lowest BCUT2D eigenvalue weighted by Gasteiger charge is -2.19. The van der Waals surface area contributed by atoms with Crippen LogP contribution in [0, 0.1) is 0 Å².